The van der Waals surface area contributed by atoms with Crippen LogP contribution in [0, 0.1) is 0 Å². The summed E-state index contributed by atoms with van der Waals surface area (Å²) in [6, 6.07) is 0. The van der Waals surface area contributed by atoms with Crippen LogP contribution in [0.4, 0.5) is 0 Å². The second-order valence-electron chi connectivity index (χ2n) is 6.21. The summed E-state index contributed by atoms with van der Waals surface area (Å²) >= 11 is 0. The van der Waals surface area contributed by atoms with Crippen molar-refractivity contribution in [2.75, 3.05) is 26.7 Å². The van der Waals surface area contributed by atoms with Crippen LogP contribution in [0.5, 0.6) is 0 Å². The zero-order chi connectivity index (χ0) is 14.7. The second-order valence-corrected chi connectivity index (χ2v) is 6.21. The Morgan fingerprint density at radius 2 is 1.79 bits per heavy atom. The zero-order valence-corrected chi connectivity index (χ0v) is 13.9. The summed E-state index contributed by atoms with van der Waals surface area (Å²) in [5.74, 6) is 0. The maximum absolute atomic E-state index is 6.00. The number of rotatable bonds is 12. The fourth-order valence-electron chi connectivity index (χ4n) is 2.25. The third kappa shape index (κ3) is 8.61. The fourth-order valence-corrected chi connectivity index (χ4v) is 2.25. The zero-order valence-electron chi connectivity index (χ0n) is 13.9. The van der Waals surface area contributed by atoms with E-state index in [2.05, 4.69) is 39.6 Å². The summed E-state index contributed by atoms with van der Waals surface area (Å²) in [6.07, 6.45) is 8.13. The fraction of sp³-hybridized carbons (Fsp3) is 1.00. The maximum atomic E-state index is 6.00. The van der Waals surface area contributed by atoms with E-state index in [1.54, 1.807) is 0 Å². The van der Waals surface area contributed by atoms with Crippen LogP contribution < -0.4 is 5.73 Å². The molecule has 0 bridgehead atoms. The quantitative estimate of drug-likeness (QED) is 0.553. The first kappa shape index (κ1) is 18.9. The smallest absolute Gasteiger partial charge is 0.0597 e. The highest BCUT2D eigenvalue weighted by molar-refractivity contribution is 4.85. The Bertz CT molecular complexity index is 209. The van der Waals surface area contributed by atoms with E-state index in [4.69, 9.17) is 10.5 Å². The Balaban J connectivity index is 3.96. The third-order valence-electron chi connectivity index (χ3n) is 4.06. The van der Waals surface area contributed by atoms with Crippen molar-refractivity contribution in [3.63, 3.8) is 0 Å². The van der Waals surface area contributed by atoms with E-state index in [1.807, 2.05) is 0 Å². The van der Waals surface area contributed by atoms with Gasteiger partial charge in [0.15, 0.2) is 0 Å². The van der Waals surface area contributed by atoms with Gasteiger partial charge in [0.1, 0.15) is 0 Å². The molecule has 0 aromatic carbocycles. The van der Waals surface area contributed by atoms with Gasteiger partial charge in [-0.25, -0.2) is 0 Å². The van der Waals surface area contributed by atoms with E-state index in [-0.39, 0.29) is 5.54 Å². The van der Waals surface area contributed by atoms with Crippen LogP contribution in [-0.4, -0.2) is 43.3 Å². The van der Waals surface area contributed by atoms with Gasteiger partial charge in [-0.3, -0.25) is 4.90 Å². The molecule has 3 nitrogen and oxygen atoms in total. The second kappa shape index (κ2) is 10.6. The molecular weight excluding hydrogens is 236 g/mol. The first-order valence-corrected chi connectivity index (χ1v) is 7.99. The van der Waals surface area contributed by atoms with E-state index in [0.29, 0.717) is 6.10 Å². The molecule has 0 aliphatic heterocycles. The van der Waals surface area contributed by atoms with E-state index in [9.17, 15) is 0 Å². The van der Waals surface area contributed by atoms with Crippen LogP contribution in [-0.2, 0) is 4.74 Å². The highest BCUT2D eigenvalue weighted by Crippen LogP contribution is 2.20. The van der Waals surface area contributed by atoms with Crippen molar-refractivity contribution in [3.05, 3.63) is 0 Å². The van der Waals surface area contributed by atoms with Crippen molar-refractivity contribution in [2.24, 2.45) is 5.73 Å². The van der Waals surface area contributed by atoms with Gasteiger partial charge in [0, 0.05) is 18.6 Å². The van der Waals surface area contributed by atoms with Crippen molar-refractivity contribution in [2.45, 2.75) is 77.9 Å². The highest BCUT2D eigenvalue weighted by Gasteiger charge is 2.26. The molecule has 0 heterocycles. The molecule has 0 aliphatic rings. The number of unbranched alkanes of at least 4 members (excludes halogenated alkanes) is 4. The van der Waals surface area contributed by atoms with Crippen LogP contribution >= 0.6 is 0 Å². The summed E-state index contributed by atoms with van der Waals surface area (Å²) in [7, 11) is 2.17. The van der Waals surface area contributed by atoms with Gasteiger partial charge in [-0.15, -0.1) is 0 Å². The summed E-state index contributed by atoms with van der Waals surface area (Å²) in [4.78, 5) is 2.37. The molecule has 1 unspecified atom stereocenters. The highest BCUT2D eigenvalue weighted by atomic mass is 16.5. The minimum Gasteiger partial charge on any atom is -0.377 e. The van der Waals surface area contributed by atoms with Crippen molar-refractivity contribution < 1.29 is 4.74 Å². The Hall–Kier alpha value is -0.120. The molecule has 0 amide bonds. The third-order valence-corrected chi connectivity index (χ3v) is 4.06. The minimum absolute atomic E-state index is 0.118. The largest absolute Gasteiger partial charge is 0.377 e. The van der Waals surface area contributed by atoms with E-state index >= 15 is 0 Å². The number of ether oxygens (including phenoxy) is 1. The molecule has 0 saturated carbocycles. The molecule has 0 aliphatic carbocycles. The van der Waals surface area contributed by atoms with E-state index in [0.717, 1.165) is 19.7 Å². The maximum Gasteiger partial charge on any atom is 0.0597 e. The molecule has 116 valence electrons. The molecule has 0 aromatic heterocycles. The molecule has 2 N–H and O–H groups in total. The topological polar surface area (TPSA) is 38.5 Å². The first-order valence-electron chi connectivity index (χ1n) is 7.99. The molecule has 0 rings (SSSR count). The van der Waals surface area contributed by atoms with Gasteiger partial charge in [-0.2, -0.15) is 0 Å². The van der Waals surface area contributed by atoms with Crippen LogP contribution in [0.15, 0.2) is 0 Å². The molecule has 0 aromatic rings. The number of hydrogen-bond acceptors (Lipinski definition) is 3. The Labute approximate surface area is 120 Å². The lowest BCUT2D eigenvalue weighted by Gasteiger charge is -2.38. The molecule has 0 radical (unpaired) electrons. The van der Waals surface area contributed by atoms with Gasteiger partial charge in [0.25, 0.3) is 0 Å². The SMILES string of the molecule is CCCCCCCC(C)(CN)N(C)CCOC(C)C. The summed E-state index contributed by atoms with van der Waals surface area (Å²) in [6.45, 7) is 11.2. The van der Waals surface area contributed by atoms with Gasteiger partial charge in [-0.1, -0.05) is 39.0 Å². The van der Waals surface area contributed by atoms with E-state index in [1.165, 1.54) is 38.5 Å². The predicted molar refractivity (Wildman–Crippen MR) is 84.6 cm³/mol. The number of hydrogen-bond donors (Lipinski definition) is 1. The molecule has 1 atom stereocenters. The Morgan fingerprint density at radius 1 is 1.16 bits per heavy atom. The lowest BCUT2D eigenvalue weighted by Crippen LogP contribution is -2.50. The van der Waals surface area contributed by atoms with Gasteiger partial charge >= 0.3 is 0 Å². The van der Waals surface area contributed by atoms with E-state index < -0.39 is 0 Å². The lowest BCUT2D eigenvalue weighted by molar-refractivity contribution is 0.0365. The van der Waals surface area contributed by atoms with Crippen molar-refractivity contribution in [1.82, 2.24) is 4.90 Å². The normalized spacial score (nSPS) is 15.2. The van der Waals surface area contributed by atoms with Gasteiger partial charge in [0.2, 0.25) is 0 Å². The first-order chi connectivity index (χ1) is 8.96. The molecule has 0 fully saturated rings. The number of nitrogens with two attached hydrogens (primary N) is 1. The summed E-state index contributed by atoms with van der Waals surface area (Å²) in [5.41, 5.74) is 6.12. The minimum atomic E-state index is 0.118. The average molecular weight is 272 g/mol. The predicted octanol–water partition coefficient (Wildman–Crippen LogP) is 3.42. The average Bonchev–Trinajstić information content (AvgIpc) is 2.37. The summed E-state index contributed by atoms with van der Waals surface area (Å²) in [5, 5.41) is 0. The standard InChI is InChI=1S/C16H36N2O/c1-6-7-8-9-10-11-16(4,14-17)18(5)12-13-19-15(2)3/h15H,6-14,17H2,1-5H3. The molecule has 0 spiro atoms. The monoisotopic (exact) mass is 272 g/mol. The molecular formula is C16H36N2O. The van der Waals surface area contributed by atoms with Crippen LogP contribution in [0.1, 0.15) is 66.2 Å². The summed E-state index contributed by atoms with van der Waals surface area (Å²) < 4.78 is 5.63. The van der Waals surface area contributed by atoms with Crippen molar-refractivity contribution in [3.8, 4) is 0 Å². The van der Waals surface area contributed by atoms with Gasteiger partial charge in [0.05, 0.1) is 12.7 Å². The number of likely N-dealkylation sites (N-methyl/N-ethyl adjacent to an activating group) is 1. The van der Waals surface area contributed by atoms with Crippen LogP contribution in [0.2, 0.25) is 0 Å². The van der Waals surface area contributed by atoms with Gasteiger partial charge in [-0.05, 0) is 34.2 Å². The Kier molecular flexibility index (Phi) is 10.6. The van der Waals surface area contributed by atoms with Gasteiger partial charge < -0.3 is 10.5 Å². The van der Waals surface area contributed by atoms with Crippen molar-refractivity contribution in [1.29, 1.82) is 0 Å². The Morgan fingerprint density at radius 3 is 2.32 bits per heavy atom. The molecule has 3 heteroatoms. The van der Waals surface area contributed by atoms with Crippen molar-refractivity contribution >= 4 is 0 Å². The lowest BCUT2D eigenvalue weighted by atomic mass is 9.92. The van der Waals surface area contributed by atoms with Crippen LogP contribution in [0.25, 0.3) is 0 Å². The molecule has 19 heavy (non-hydrogen) atoms. The van der Waals surface area contributed by atoms with Crippen LogP contribution in [0.3, 0.4) is 0 Å². The number of nitrogens with zero attached hydrogens (tertiary/aromatic N) is 1. The molecule has 0 saturated heterocycles.